The van der Waals surface area contributed by atoms with Gasteiger partial charge in [-0.3, -0.25) is 9.69 Å². The van der Waals surface area contributed by atoms with Crippen molar-refractivity contribution in [3.05, 3.63) is 48.0 Å². The van der Waals surface area contributed by atoms with E-state index in [0.717, 1.165) is 0 Å². The number of nitrogens with zero attached hydrogens (tertiary/aromatic N) is 3. The molecule has 1 saturated heterocycles. The highest BCUT2D eigenvalue weighted by atomic mass is 19.1. The van der Waals surface area contributed by atoms with Gasteiger partial charge in [-0.1, -0.05) is 6.07 Å². The number of aliphatic imine (C=N–C) groups is 1. The molecule has 1 aromatic carbocycles. The molecule has 0 radical (unpaired) electrons. The lowest BCUT2D eigenvalue weighted by Gasteiger charge is -2.45. The summed E-state index contributed by atoms with van der Waals surface area (Å²) in [6, 6.07) is 8.60. The molecule has 8 heteroatoms. The minimum atomic E-state index is -1.23. The summed E-state index contributed by atoms with van der Waals surface area (Å²) in [5.41, 5.74) is 6.32. The van der Waals surface area contributed by atoms with Gasteiger partial charge < -0.3 is 15.2 Å². The van der Waals surface area contributed by atoms with Crippen molar-refractivity contribution >= 4 is 11.9 Å². The molecule has 3 aliphatic heterocycles. The largest absolute Gasteiger partial charge is 0.489 e. The van der Waals surface area contributed by atoms with Gasteiger partial charge in [-0.15, -0.1) is 0 Å². The summed E-state index contributed by atoms with van der Waals surface area (Å²) < 4.78 is 26.1. The van der Waals surface area contributed by atoms with Gasteiger partial charge in [0.05, 0.1) is 19.1 Å². The van der Waals surface area contributed by atoms with Crippen LogP contribution in [0.15, 0.2) is 41.5 Å². The third-order valence-electron chi connectivity index (χ3n) is 5.83. The predicted octanol–water partition coefficient (Wildman–Crippen LogP) is 1.67. The van der Waals surface area contributed by atoms with Gasteiger partial charge in [-0.2, -0.15) is 4.39 Å². The van der Waals surface area contributed by atoms with E-state index < -0.39 is 11.5 Å². The Bertz CT molecular complexity index is 1010. The van der Waals surface area contributed by atoms with Crippen LogP contribution in [0.25, 0.3) is 11.1 Å². The number of pyridine rings is 1. The molecule has 1 amide bonds. The van der Waals surface area contributed by atoms with Crippen molar-refractivity contribution in [3.63, 3.8) is 0 Å². The number of guanidine groups is 1. The number of halogens is 1. The Hall–Kier alpha value is -3.00. The molecule has 1 fully saturated rings. The highest BCUT2D eigenvalue weighted by Gasteiger charge is 2.60. The molecular weight excluding hydrogens is 363 g/mol. The standard InChI is InChI=1S/C20H19FN4O3/c1-25-18(26)20(24-19(25)22)13-9-11(12-3-2-7-23-17(12)21)4-5-15(13)28-16-6-8-27-10-14(16)20/h2-5,7,9,14,16H,6,8,10H2,1H3,(H2,22,24)/t14-,16?,20-/m1/s1. The van der Waals surface area contributed by atoms with Crippen LogP contribution in [0, 0.1) is 11.9 Å². The van der Waals surface area contributed by atoms with Gasteiger partial charge in [-0.05, 0) is 29.8 Å². The third kappa shape index (κ3) is 2.21. The first kappa shape index (κ1) is 17.1. The zero-order valence-electron chi connectivity index (χ0n) is 15.3. The maximum atomic E-state index is 14.3. The first-order chi connectivity index (χ1) is 13.5. The van der Waals surface area contributed by atoms with E-state index in [9.17, 15) is 9.18 Å². The van der Waals surface area contributed by atoms with E-state index in [1.807, 2.05) is 0 Å². The molecule has 1 spiro atoms. The van der Waals surface area contributed by atoms with Gasteiger partial charge in [-0.25, -0.2) is 9.98 Å². The molecule has 0 bridgehead atoms. The second-order valence-corrected chi connectivity index (χ2v) is 7.28. The van der Waals surface area contributed by atoms with E-state index in [1.54, 1.807) is 37.4 Å². The summed E-state index contributed by atoms with van der Waals surface area (Å²) in [6.45, 7) is 0.904. The Morgan fingerprint density at radius 1 is 1.36 bits per heavy atom. The van der Waals surface area contributed by atoms with Gasteiger partial charge in [0.25, 0.3) is 5.91 Å². The van der Waals surface area contributed by atoms with Crippen molar-refractivity contribution in [2.75, 3.05) is 20.3 Å². The summed E-state index contributed by atoms with van der Waals surface area (Å²) in [5, 5.41) is 0. The Labute approximate surface area is 161 Å². The highest BCUT2D eigenvalue weighted by molar-refractivity contribution is 6.07. The number of carbonyl (C=O) groups excluding carboxylic acids is 1. The van der Waals surface area contributed by atoms with Crippen LogP contribution in [-0.2, 0) is 15.1 Å². The molecule has 2 N–H and O–H groups in total. The average molecular weight is 382 g/mol. The number of benzene rings is 1. The van der Waals surface area contributed by atoms with Gasteiger partial charge in [0, 0.05) is 30.8 Å². The third-order valence-corrected chi connectivity index (χ3v) is 5.83. The number of fused-ring (bicyclic) bond motifs is 4. The van der Waals surface area contributed by atoms with Gasteiger partial charge in [0.15, 0.2) is 11.5 Å². The van der Waals surface area contributed by atoms with Crippen molar-refractivity contribution in [2.24, 2.45) is 16.6 Å². The maximum absolute atomic E-state index is 14.3. The molecule has 3 atom stereocenters. The Balaban J connectivity index is 1.74. The van der Waals surface area contributed by atoms with Crippen LogP contribution < -0.4 is 10.5 Å². The summed E-state index contributed by atoms with van der Waals surface area (Å²) in [5.74, 6) is -0.390. The number of rotatable bonds is 1. The molecule has 2 aromatic rings. The first-order valence-corrected chi connectivity index (χ1v) is 9.15. The van der Waals surface area contributed by atoms with E-state index in [1.165, 1.54) is 11.1 Å². The first-order valence-electron chi connectivity index (χ1n) is 9.15. The van der Waals surface area contributed by atoms with Crippen molar-refractivity contribution < 1.29 is 18.7 Å². The number of carbonyl (C=O) groups is 1. The fourth-order valence-electron chi connectivity index (χ4n) is 4.39. The number of amides is 1. The molecule has 1 unspecified atom stereocenters. The minimum Gasteiger partial charge on any atom is -0.489 e. The monoisotopic (exact) mass is 382 g/mol. The van der Waals surface area contributed by atoms with Crippen molar-refractivity contribution in [2.45, 2.75) is 18.1 Å². The van der Waals surface area contributed by atoms with Crippen molar-refractivity contribution in [3.8, 4) is 16.9 Å². The molecule has 1 aromatic heterocycles. The molecular formula is C20H19FN4O3. The molecule has 3 aliphatic rings. The van der Waals surface area contributed by atoms with E-state index >= 15 is 0 Å². The lowest BCUT2D eigenvalue weighted by molar-refractivity contribution is -0.141. The Morgan fingerprint density at radius 3 is 2.96 bits per heavy atom. The normalized spacial score (nSPS) is 28.6. The number of ether oxygens (including phenoxy) is 2. The molecule has 0 saturated carbocycles. The van der Waals surface area contributed by atoms with Crippen molar-refractivity contribution in [1.82, 2.24) is 9.88 Å². The van der Waals surface area contributed by atoms with Crippen LogP contribution in [0.4, 0.5) is 4.39 Å². The second-order valence-electron chi connectivity index (χ2n) is 7.28. The van der Waals surface area contributed by atoms with Crippen LogP contribution in [0.3, 0.4) is 0 Å². The number of aromatic nitrogens is 1. The van der Waals surface area contributed by atoms with Crippen LogP contribution in [0.5, 0.6) is 5.75 Å². The Morgan fingerprint density at radius 2 is 2.21 bits per heavy atom. The summed E-state index contributed by atoms with van der Waals surface area (Å²) in [7, 11) is 1.61. The van der Waals surface area contributed by atoms with Crippen LogP contribution in [0.1, 0.15) is 12.0 Å². The predicted molar refractivity (Wildman–Crippen MR) is 99.0 cm³/mol. The summed E-state index contributed by atoms with van der Waals surface area (Å²) in [4.78, 5) is 23.1. The number of hydrogen-bond donors (Lipinski definition) is 1. The quantitative estimate of drug-likeness (QED) is 0.758. The SMILES string of the molecule is CN1C(=O)[C@@]2(N=C1N)c1cc(-c3cccnc3F)ccc1OC1CCOC[C@H]12. The second kappa shape index (κ2) is 6.00. The lowest BCUT2D eigenvalue weighted by atomic mass is 9.71. The molecule has 4 heterocycles. The molecule has 0 aliphatic carbocycles. The zero-order valence-corrected chi connectivity index (χ0v) is 15.3. The van der Waals surface area contributed by atoms with Crippen LogP contribution in [-0.4, -0.2) is 48.1 Å². The summed E-state index contributed by atoms with van der Waals surface area (Å²) >= 11 is 0. The number of nitrogens with two attached hydrogens (primary N) is 1. The van der Waals surface area contributed by atoms with E-state index in [2.05, 4.69) is 9.98 Å². The number of hydrogen-bond acceptors (Lipinski definition) is 6. The number of likely N-dealkylation sites (N-methyl/N-ethyl adjacent to an activating group) is 1. The molecule has 144 valence electrons. The molecule has 28 heavy (non-hydrogen) atoms. The minimum absolute atomic E-state index is 0.153. The smallest absolute Gasteiger partial charge is 0.262 e. The van der Waals surface area contributed by atoms with E-state index in [-0.39, 0.29) is 23.9 Å². The van der Waals surface area contributed by atoms with Crippen LogP contribution in [0.2, 0.25) is 0 Å². The van der Waals surface area contributed by atoms with E-state index in [4.69, 9.17) is 15.2 Å². The maximum Gasteiger partial charge on any atom is 0.262 e. The van der Waals surface area contributed by atoms with Crippen LogP contribution >= 0.6 is 0 Å². The van der Waals surface area contributed by atoms with Gasteiger partial charge >= 0.3 is 0 Å². The average Bonchev–Trinajstić information content (AvgIpc) is 2.93. The fraction of sp³-hybridized carbons (Fsp3) is 0.350. The van der Waals surface area contributed by atoms with E-state index in [0.29, 0.717) is 42.1 Å². The molecule has 7 nitrogen and oxygen atoms in total. The van der Waals surface area contributed by atoms with Gasteiger partial charge in [0.1, 0.15) is 11.9 Å². The fourth-order valence-corrected chi connectivity index (χ4v) is 4.39. The summed E-state index contributed by atoms with van der Waals surface area (Å²) in [6.07, 6.45) is 1.86. The topological polar surface area (TPSA) is 90.0 Å². The lowest BCUT2D eigenvalue weighted by Crippen LogP contribution is -2.56. The van der Waals surface area contributed by atoms with Crippen molar-refractivity contribution in [1.29, 1.82) is 0 Å². The zero-order chi connectivity index (χ0) is 19.5. The molecule has 5 rings (SSSR count). The highest BCUT2D eigenvalue weighted by Crippen LogP contribution is 2.51. The Kier molecular flexibility index (Phi) is 3.67. The van der Waals surface area contributed by atoms with Gasteiger partial charge in [0.2, 0.25) is 5.95 Å².